The maximum Gasteiger partial charge on any atom is 0.301 e. The SMILES string of the molecule is CC(F)(F)Sc1ccc(CO[C@@H]2COc3nc([NH+]([O-])O)cn3C2)cc1. The van der Waals surface area contributed by atoms with Crippen molar-refractivity contribution < 1.29 is 28.7 Å². The van der Waals surface area contributed by atoms with Crippen LogP contribution in [0.1, 0.15) is 12.5 Å². The molecule has 0 bridgehead atoms. The Balaban J connectivity index is 1.54. The Labute approximate surface area is 146 Å². The van der Waals surface area contributed by atoms with Crippen LogP contribution < -0.4 is 9.96 Å². The molecule has 136 valence electrons. The van der Waals surface area contributed by atoms with Crippen LogP contribution in [0, 0.1) is 5.21 Å². The van der Waals surface area contributed by atoms with Crippen molar-refractivity contribution in [3.8, 4) is 6.01 Å². The third-order valence-corrected chi connectivity index (χ3v) is 4.33. The van der Waals surface area contributed by atoms with Crippen LogP contribution in [-0.2, 0) is 17.9 Å². The predicted molar refractivity (Wildman–Crippen MR) is 85.0 cm³/mol. The third-order valence-electron chi connectivity index (χ3n) is 3.46. The molecule has 0 radical (unpaired) electrons. The lowest BCUT2D eigenvalue weighted by Crippen LogP contribution is -2.99. The second-order valence-corrected chi connectivity index (χ2v) is 7.06. The molecule has 0 saturated carbocycles. The van der Waals surface area contributed by atoms with E-state index in [1.165, 1.54) is 6.20 Å². The van der Waals surface area contributed by atoms with Gasteiger partial charge in [-0.2, -0.15) is 14.0 Å². The maximum absolute atomic E-state index is 13.0. The van der Waals surface area contributed by atoms with Gasteiger partial charge in [0.2, 0.25) is 0 Å². The average Bonchev–Trinajstić information content (AvgIpc) is 2.96. The van der Waals surface area contributed by atoms with Gasteiger partial charge in [0.05, 0.1) is 19.3 Å². The molecule has 2 heterocycles. The van der Waals surface area contributed by atoms with E-state index in [9.17, 15) is 14.0 Å². The minimum Gasteiger partial charge on any atom is -0.594 e. The molecule has 0 fully saturated rings. The van der Waals surface area contributed by atoms with Gasteiger partial charge >= 0.3 is 6.01 Å². The molecule has 1 aromatic carbocycles. The van der Waals surface area contributed by atoms with Crippen LogP contribution in [0.25, 0.3) is 0 Å². The molecule has 0 saturated heterocycles. The van der Waals surface area contributed by atoms with Crippen molar-refractivity contribution in [1.29, 1.82) is 0 Å². The van der Waals surface area contributed by atoms with E-state index in [-0.39, 0.29) is 24.5 Å². The Bertz CT molecular complexity index is 719. The first-order chi connectivity index (χ1) is 11.8. The Morgan fingerprint density at radius 1 is 1.48 bits per heavy atom. The van der Waals surface area contributed by atoms with Gasteiger partial charge < -0.3 is 14.7 Å². The Morgan fingerprint density at radius 2 is 2.20 bits per heavy atom. The van der Waals surface area contributed by atoms with E-state index in [0.717, 1.165) is 12.5 Å². The van der Waals surface area contributed by atoms with E-state index in [1.807, 2.05) is 0 Å². The highest BCUT2D eigenvalue weighted by Gasteiger charge is 2.24. The summed E-state index contributed by atoms with van der Waals surface area (Å²) < 4.78 is 38.7. The normalized spacial score (nSPS) is 18.5. The minimum atomic E-state index is -2.81. The number of nitrogens with zero attached hydrogens (tertiary/aromatic N) is 2. The standard InChI is InChI=1S/C15H17F2N3O4S/c1-15(16,17)25-12-4-2-10(3-5-12)8-23-11-6-19-7-13(20(21)22)18-14(19)24-9-11/h2-5,7,11,20-21H,6,8-9H2,1H3/t11-/m0/s1. The van der Waals surface area contributed by atoms with Crippen molar-refractivity contribution in [2.24, 2.45) is 0 Å². The highest BCUT2D eigenvalue weighted by Crippen LogP contribution is 2.35. The van der Waals surface area contributed by atoms with Crippen molar-refractivity contribution >= 4 is 17.6 Å². The van der Waals surface area contributed by atoms with E-state index in [1.54, 1.807) is 28.8 Å². The number of ether oxygens (including phenoxy) is 2. The number of quaternary nitrogens is 1. The molecule has 2 aromatic rings. The summed E-state index contributed by atoms with van der Waals surface area (Å²) in [5.74, 6) is -0.0727. The molecule has 2 atom stereocenters. The van der Waals surface area contributed by atoms with Gasteiger partial charge in [-0.15, -0.1) is 4.98 Å². The van der Waals surface area contributed by atoms with Crippen LogP contribution in [0.2, 0.25) is 0 Å². The number of rotatable bonds is 6. The molecule has 1 aliphatic heterocycles. The average molecular weight is 373 g/mol. The summed E-state index contributed by atoms with van der Waals surface area (Å²) in [5, 5.41) is 15.9. The minimum absolute atomic E-state index is 0.0727. The molecule has 3 rings (SSSR count). The zero-order valence-electron chi connectivity index (χ0n) is 13.3. The van der Waals surface area contributed by atoms with Gasteiger partial charge in [-0.25, -0.2) is 5.21 Å². The molecule has 1 aromatic heterocycles. The number of hydrogen-bond donors (Lipinski definition) is 2. The van der Waals surface area contributed by atoms with Crippen LogP contribution in [0.4, 0.5) is 14.6 Å². The van der Waals surface area contributed by atoms with Crippen LogP contribution >= 0.6 is 11.8 Å². The Morgan fingerprint density at radius 3 is 2.84 bits per heavy atom. The van der Waals surface area contributed by atoms with E-state index in [4.69, 9.17) is 14.7 Å². The molecule has 2 N–H and O–H groups in total. The van der Waals surface area contributed by atoms with Crippen LogP contribution in [0.15, 0.2) is 35.4 Å². The molecule has 7 nitrogen and oxygen atoms in total. The summed E-state index contributed by atoms with van der Waals surface area (Å²) >= 11 is 0.500. The zero-order chi connectivity index (χ0) is 18.0. The van der Waals surface area contributed by atoms with Gasteiger partial charge in [-0.3, -0.25) is 4.57 Å². The van der Waals surface area contributed by atoms with E-state index in [0.29, 0.717) is 29.8 Å². The van der Waals surface area contributed by atoms with E-state index >= 15 is 0 Å². The van der Waals surface area contributed by atoms with Crippen LogP contribution in [-0.4, -0.2) is 32.7 Å². The summed E-state index contributed by atoms with van der Waals surface area (Å²) in [5.41, 5.74) is 0.853. The molecular formula is C15H17F2N3O4S. The highest BCUT2D eigenvalue weighted by atomic mass is 32.2. The van der Waals surface area contributed by atoms with Gasteiger partial charge in [0.25, 0.3) is 11.1 Å². The topological polar surface area (TPSA) is 84.0 Å². The van der Waals surface area contributed by atoms with E-state index in [2.05, 4.69) is 4.98 Å². The maximum atomic E-state index is 13.0. The second kappa shape index (κ2) is 7.26. The van der Waals surface area contributed by atoms with Crippen molar-refractivity contribution in [3.05, 3.63) is 41.2 Å². The summed E-state index contributed by atoms with van der Waals surface area (Å²) in [6, 6.07) is 7.00. The summed E-state index contributed by atoms with van der Waals surface area (Å²) in [6.07, 6.45) is 1.15. The fourth-order valence-corrected chi connectivity index (χ4v) is 3.05. The number of benzene rings is 1. The Kier molecular flexibility index (Phi) is 5.25. The zero-order valence-corrected chi connectivity index (χ0v) is 14.1. The fourth-order valence-electron chi connectivity index (χ4n) is 2.36. The monoisotopic (exact) mass is 373 g/mol. The Hall–Kier alpha value is -1.72. The van der Waals surface area contributed by atoms with Gasteiger partial charge in [-0.1, -0.05) is 23.9 Å². The lowest BCUT2D eigenvalue weighted by molar-refractivity contribution is -0.993. The number of imidazole rings is 1. The second-order valence-electron chi connectivity index (χ2n) is 5.66. The number of alkyl halides is 2. The van der Waals surface area contributed by atoms with Gasteiger partial charge in [0.1, 0.15) is 12.7 Å². The van der Waals surface area contributed by atoms with Gasteiger partial charge in [-0.05, 0) is 17.7 Å². The van der Waals surface area contributed by atoms with Crippen LogP contribution in [0.3, 0.4) is 0 Å². The molecular weight excluding hydrogens is 356 g/mol. The summed E-state index contributed by atoms with van der Waals surface area (Å²) in [4.78, 5) is 4.35. The number of fused-ring (bicyclic) bond motifs is 1. The van der Waals surface area contributed by atoms with Crippen LogP contribution in [0.5, 0.6) is 6.01 Å². The lowest BCUT2D eigenvalue weighted by atomic mass is 10.2. The first-order valence-corrected chi connectivity index (χ1v) is 8.32. The molecule has 1 aliphatic rings. The number of hydrogen-bond acceptors (Lipinski definition) is 6. The first-order valence-electron chi connectivity index (χ1n) is 7.51. The summed E-state index contributed by atoms with van der Waals surface area (Å²) in [6.45, 7) is 1.87. The molecule has 10 heteroatoms. The molecule has 0 aliphatic carbocycles. The third kappa shape index (κ3) is 4.89. The van der Waals surface area contributed by atoms with E-state index < -0.39 is 10.5 Å². The number of halogens is 2. The molecule has 1 unspecified atom stereocenters. The van der Waals surface area contributed by atoms with Crippen molar-refractivity contribution in [3.63, 3.8) is 0 Å². The number of thioether (sulfide) groups is 1. The summed E-state index contributed by atoms with van der Waals surface area (Å²) in [7, 11) is 0. The van der Waals surface area contributed by atoms with Gasteiger partial charge in [0.15, 0.2) is 0 Å². The number of nitrogens with one attached hydrogen (secondary N) is 1. The smallest absolute Gasteiger partial charge is 0.301 e. The lowest BCUT2D eigenvalue weighted by Gasteiger charge is -2.24. The largest absolute Gasteiger partial charge is 0.594 e. The molecule has 0 amide bonds. The molecule has 0 spiro atoms. The number of aromatic nitrogens is 2. The van der Waals surface area contributed by atoms with Crippen molar-refractivity contribution in [2.45, 2.75) is 36.3 Å². The predicted octanol–water partition coefficient (Wildman–Crippen LogP) is 1.97. The van der Waals surface area contributed by atoms with Crippen molar-refractivity contribution in [1.82, 2.24) is 9.55 Å². The highest BCUT2D eigenvalue weighted by molar-refractivity contribution is 8.00. The first kappa shape index (κ1) is 18.1. The van der Waals surface area contributed by atoms with Crippen molar-refractivity contribution in [2.75, 3.05) is 6.61 Å². The quantitative estimate of drug-likeness (QED) is 0.595. The fraction of sp³-hybridized carbons (Fsp3) is 0.400. The molecule has 25 heavy (non-hydrogen) atoms. The van der Waals surface area contributed by atoms with Gasteiger partial charge in [0, 0.05) is 11.8 Å².